The maximum atomic E-state index is 13.7. The predicted molar refractivity (Wildman–Crippen MR) is 146 cm³/mol. The van der Waals surface area contributed by atoms with Gasteiger partial charge in [0.2, 0.25) is 11.8 Å². The molecule has 0 saturated carbocycles. The monoisotopic (exact) mass is 582 g/mol. The smallest absolute Gasteiger partial charge is 0.261 e. The predicted octanol–water partition coefficient (Wildman–Crippen LogP) is 2.44. The van der Waals surface area contributed by atoms with E-state index in [1.54, 1.807) is 36.1 Å². The molecule has 0 bridgehead atoms. The van der Waals surface area contributed by atoms with Gasteiger partial charge in [0.1, 0.15) is 0 Å². The minimum absolute atomic E-state index is 0.0475. The molecule has 0 spiro atoms. The van der Waals surface area contributed by atoms with Crippen LogP contribution < -0.4 is 10.2 Å². The third kappa shape index (κ3) is 6.37. The van der Waals surface area contributed by atoms with E-state index in [1.165, 1.54) is 18.0 Å². The van der Waals surface area contributed by atoms with Crippen molar-refractivity contribution >= 4 is 56.2 Å². The maximum Gasteiger partial charge on any atom is 0.261 e. The number of sulfone groups is 1. The Morgan fingerprint density at radius 1 is 1.18 bits per heavy atom. The van der Waals surface area contributed by atoms with Gasteiger partial charge in [-0.05, 0) is 43.2 Å². The first-order valence-corrected chi connectivity index (χ1v) is 15.2. The van der Waals surface area contributed by atoms with E-state index in [4.69, 9.17) is 11.6 Å². The molecule has 4 rings (SSSR count). The van der Waals surface area contributed by atoms with Crippen LogP contribution in [0.15, 0.2) is 35.2 Å². The second-order valence-electron chi connectivity index (χ2n) is 9.91. The van der Waals surface area contributed by atoms with E-state index in [0.29, 0.717) is 39.9 Å². The molecular weight excluding hydrogens is 552 g/mol. The number of benzene rings is 1. The number of hydroxylamine groups is 3. The summed E-state index contributed by atoms with van der Waals surface area (Å²) in [5, 5.41) is 14.9. The largest absolute Gasteiger partial charge is 0.633 e. The fourth-order valence-corrected chi connectivity index (χ4v) is 7.60. The molecule has 0 aliphatic carbocycles. The fraction of sp³-hybridized carbons (Fsp3) is 0.480. The molecule has 1 aromatic heterocycles. The average Bonchev–Trinajstić information content (AvgIpc) is 3.49. The zero-order valence-corrected chi connectivity index (χ0v) is 23.7. The van der Waals surface area contributed by atoms with E-state index in [0.717, 1.165) is 11.3 Å². The Bertz CT molecular complexity index is 1330. The summed E-state index contributed by atoms with van der Waals surface area (Å²) in [5.74, 6) is -2.54. The number of nitrogens with zero attached hydrogens (tertiary/aromatic N) is 3. The first-order valence-electron chi connectivity index (χ1n) is 12.4. The maximum absolute atomic E-state index is 13.7. The SMILES string of the molecule is Cc1c(N2CCCC2=O)cccc1S(=O)(=O)C[C@@H](CNC(=O)c1ccc(Cl)s1)C(=O)N1CC[N+](C)([O-])CC1. The van der Waals surface area contributed by atoms with Crippen LogP contribution in [-0.4, -0.2) is 87.8 Å². The molecule has 2 aliphatic heterocycles. The van der Waals surface area contributed by atoms with E-state index in [1.807, 2.05) is 0 Å². The summed E-state index contributed by atoms with van der Waals surface area (Å²) >= 11 is 7.01. The van der Waals surface area contributed by atoms with Crippen LogP contribution in [0.5, 0.6) is 0 Å². The van der Waals surface area contributed by atoms with E-state index < -0.39 is 38.0 Å². The van der Waals surface area contributed by atoms with Crippen molar-refractivity contribution in [1.29, 1.82) is 0 Å². The Balaban J connectivity index is 1.58. The van der Waals surface area contributed by atoms with Gasteiger partial charge in [-0.15, -0.1) is 11.3 Å². The van der Waals surface area contributed by atoms with Gasteiger partial charge in [0.15, 0.2) is 9.84 Å². The number of piperazine rings is 1. The molecule has 2 saturated heterocycles. The summed E-state index contributed by atoms with van der Waals surface area (Å²) in [6.45, 7) is 2.80. The topological polar surface area (TPSA) is 127 Å². The lowest BCUT2D eigenvalue weighted by molar-refractivity contribution is -0.864. The van der Waals surface area contributed by atoms with Crippen LogP contribution >= 0.6 is 22.9 Å². The summed E-state index contributed by atoms with van der Waals surface area (Å²) in [5.41, 5.74) is 0.992. The number of rotatable bonds is 8. The molecular formula is C25H31ClN4O6S2. The number of amides is 3. The number of carbonyl (C=O) groups is 3. The molecule has 3 amide bonds. The second-order valence-corrected chi connectivity index (χ2v) is 13.6. The molecule has 10 nitrogen and oxygen atoms in total. The fourth-order valence-electron chi connectivity index (χ4n) is 4.81. The average molecular weight is 583 g/mol. The quantitative estimate of drug-likeness (QED) is 0.376. The van der Waals surface area contributed by atoms with Gasteiger partial charge in [0.05, 0.1) is 59.0 Å². The molecule has 38 heavy (non-hydrogen) atoms. The lowest BCUT2D eigenvalue weighted by atomic mass is 10.1. The molecule has 2 aliphatic rings. The third-order valence-corrected chi connectivity index (χ3v) is 10.2. The van der Waals surface area contributed by atoms with Crippen LogP contribution in [-0.2, 0) is 19.4 Å². The van der Waals surface area contributed by atoms with Crippen LogP contribution in [0.2, 0.25) is 4.34 Å². The minimum atomic E-state index is -4.00. The van der Waals surface area contributed by atoms with Gasteiger partial charge in [-0.25, -0.2) is 8.42 Å². The van der Waals surface area contributed by atoms with Gasteiger partial charge >= 0.3 is 0 Å². The summed E-state index contributed by atoms with van der Waals surface area (Å²) in [4.78, 5) is 41.9. The highest BCUT2D eigenvalue weighted by atomic mass is 35.5. The lowest BCUT2D eigenvalue weighted by Gasteiger charge is -2.45. The van der Waals surface area contributed by atoms with Crippen LogP contribution in [0.25, 0.3) is 0 Å². The zero-order chi connectivity index (χ0) is 27.7. The molecule has 2 fully saturated rings. The van der Waals surface area contributed by atoms with Crippen LogP contribution in [0.3, 0.4) is 0 Å². The molecule has 1 N–H and O–H groups in total. The molecule has 2 aromatic rings. The second kappa shape index (κ2) is 11.3. The van der Waals surface area contributed by atoms with Crippen molar-refractivity contribution in [2.24, 2.45) is 5.92 Å². The number of nitrogens with one attached hydrogen (secondary N) is 1. The van der Waals surface area contributed by atoms with Gasteiger partial charge in [-0.3, -0.25) is 14.4 Å². The number of quaternary nitrogens is 1. The minimum Gasteiger partial charge on any atom is -0.633 e. The number of halogens is 1. The van der Waals surface area contributed by atoms with Crippen LogP contribution in [0.1, 0.15) is 28.1 Å². The summed E-state index contributed by atoms with van der Waals surface area (Å²) < 4.78 is 27.3. The van der Waals surface area contributed by atoms with Gasteiger partial charge in [-0.2, -0.15) is 0 Å². The third-order valence-electron chi connectivity index (χ3n) is 7.03. The van der Waals surface area contributed by atoms with Crippen molar-refractivity contribution in [3.63, 3.8) is 0 Å². The number of carbonyl (C=O) groups excluding carboxylic acids is 3. The van der Waals surface area contributed by atoms with Gasteiger partial charge in [-0.1, -0.05) is 17.7 Å². The van der Waals surface area contributed by atoms with E-state index >= 15 is 0 Å². The highest BCUT2D eigenvalue weighted by molar-refractivity contribution is 7.91. The summed E-state index contributed by atoms with van der Waals surface area (Å²) in [6.07, 6.45) is 1.12. The Morgan fingerprint density at radius 3 is 2.50 bits per heavy atom. The highest BCUT2D eigenvalue weighted by Gasteiger charge is 2.35. The van der Waals surface area contributed by atoms with Crippen molar-refractivity contribution in [3.8, 4) is 0 Å². The highest BCUT2D eigenvalue weighted by Crippen LogP contribution is 2.31. The summed E-state index contributed by atoms with van der Waals surface area (Å²) in [7, 11) is -2.46. The molecule has 3 heterocycles. The standard InChI is InChI=1S/C25H31ClN4O6S2/c1-17-19(29-10-4-7-23(29)31)5-3-6-21(17)38(35,36)16-18(15-27-24(32)20-8-9-22(26)37-20)25(33)28-11-13-30(2,34)14-12-28/h3,5-6,8-9,18H,4,7,10-16H2,1-2H3,(H,27,32)/t18-/m1/s1. The Labute approximate surface area is 231 Å². The molecule has 0 radical (unpaired) electrons. The van der Waals surface area contributed by atoms with Crippen molar-refractivity contribution in [2.45, 2.75) is 24.7 Å². The first-order chi connectivity index (χ1) is 17.9. The Kier molecular flexibility index (Phi) is 8.48. The van der Waals surface area contributed by atoms with Crippen molar-refractivity contribution in [3.05, 3.63) is 50.3 Å². The van der Waals surface area contributed by atoms with Crippen molar-refractivity contribution < 1.29 is 27.4 Å². The molecule has 13 heteroatoms. The van der Waals surface area contributed by atoms with Crippen LogP contribution in [0, 0.1) is 18.0 Å². The Morgan fingerprint density at radius 2 is 1.89 bits per heavy atom. The molecule has 1 atom stereocenters. The van der Waals surface area contributed by atoms with Gasteiger partial charge in [0.25, 0.3) is 5.91 Å². The number of anilines is 1. The zero-order valence-electron chi connectivity index (χ0n) is 21.3. The number of likely N-dealkylation sites (N-methyl/N-ethyl adjacent to an activating group) is 1. The van der Waals surface area contributed by atoms with E-state index in [2.05, 4.69) is 5.32 Å². The Hall–Kier alpha value is -2.51. The van der Waals surface area contributed by atoms with Crippen molar-refractivity contribution in [1.82, 2.24) is 10.2 Å². The van der Waals surface area contributed by atoms with E-state index in [9.17, 15) is 28.0 Å². The van der Waals surface area contributed by atoms with Gasteiger partial charge in [0, 0.05) is 25.2 Å². The van der Waals surface area contributed by atoms with Crippen molar-refractivity contribution in [2.75, 3.05) is 57.0 Å². The number of thiophene rings is 1. The normalized spacial score (nSPS) is 18.5. The van der Waals surface area contributed by atoms with Gasteiger partial charge < -0.3 is 25.0 Å². The lowest BCUT2D eigenvalue weighted by Crippen LogP contribution is -2.57. The molecule has 1 aromatic carbocycles. The molecule has 206 valence electrons. The van der Waals surface area contributed by atoms with E-state index in [-0.39, 0.29) is 43.5 Å². The number of hydrogen-bond acceptors (Lipinski definition) is 7. The number of hydrogen-bond donors (Lipinski definition) is 1. The summed E-state index contributed by atoms with van der Waals surface area (Å²) in [6, 6.07) is 7.93. The first kappa shape index (κ1) is 28.5. The molecule has 0 unspecified atom stereocenters. The van der Waals surface area contributed by atoms with Crippen LogP contribution in [0.4, 0.5) is 5.69 Å².